The summed E-state index contributed by atoms with van der Waals surface area (Å²) in [5, 5.41) is 5.28. The second kappa shape index (κ2) is 3.35. The highest BCUT2D eigenvalue weighted by atomic mass is 35.5. The molecular formula is C11H10ClN3. The molecule has 0 radical (unpaired) electrons. The van der Waals surface area contributed by atoms with Crippen LogP contribution >= 0.6 is 11.6 Å². The van der Waals surface area contributed by atoms with Crippen molar-refractivity contribution >= 4 is 11.6 Å². The van der Waals surface area contributed by atoms with E-state index in [1.807, 2.05) is 12.1 Å². The third kappa shape index (κ3) is 1.35. The summed E-state index contributed by atoms with van der Waals surface area (Å²) in [7, 11) is 0. The molecule has 2 aromatic heterocycles. The fourth-order valence-corrected chi connectivity index (χ4v) is 2.35. The van der Waals surface area contributed by atoms with Crippen LogP contribution in [-0.4, -0.2) is 14.8 Å². The molecule has 0 amide bonds. The van der Waals surface area contributed by atoms with E-state index in [4.69, 9.17) is 11.6 Å². The number of hydrogen-bond acceptors (Lipinski definition) is 2. The first-order chi connectivity index (χ1) is 7.36. The van der Waals surface area contributed by atoms with Crippen molar-refractivity contribution in [3.05, 3.63) is 40.9 Å². The lowest BCUT2D eigenvalue weighted by Crippen LogP contribution is -1.98. The minimum atomic E-state index is 0.758. The van der Waals surface area contributed by atoms with Crippen molar-refractivity contribution in [1.29, 1.82) is 0 Å². The molecular weight excluding hydrogens is 210 g/mol. The van der Waals surface area contributed by atoms with Gasteiger partial charge in [-0.15, -0.1) is 0 Å². The lowest BCUT2D eigenvalue weighted by molar-refractivity contribution is 0.800. The molecule has 0 bridgehead atoms. The Hall–Kier alpha value is -1.35. The van der Waals surface area contributed by atoms with Crippen LogP contribution in [0.4, 0.5) is 0 Å². The van der Waals surface area contributed by atoms with Gasteiger partial charge in [0.25, 0.3) is 0 Å². The fourth-order valence-electron chi connectivity index (χ4n) is 2.01. The van der Waals surface area contributed by atoms with Gasteiger partial charge in [-0.05, 0) is 31.4 Å². The molecule has 4 heteroatoms. The Bertz CT molecular complexity index is 490. The number of halogens is 1. The molecule has 1 aliphatic rings. The van der Waals surface area contributed by atoms with Crippen molar-refractivity contribution in [3.8, 4) is 5.69 Å². The smallest absolute Gasteiger partial charge is 0.136 e. The maximum absolute atomic E-state index is 6.28. The average Bonchev–Trinajstić information content (AvgIpc) is 2.83. The summed E-state index contributed by atoms with van der Waals surface area (Å²) in [4.78, 5) is 3.98. The molecule has 0 atom stereocenters. The Morgan fingerprint density at radius 3 is 2.73 bits per heavy atom. The number of rotatable bonds is 1. The molecule has 2 heterocycles. The van der Waals surface area contributed by atoms with Crippen molar-refractivity contribution < 1.29 is 0 Å². The highest BCUT2D eigenvalue weighted by Crippen LogP contribution is 2.30. The summed E-state index contributed by atoms with van der Waals surface area (Å²) < 4.78 is 1.80. The van der Waals surface area contributed by atoms with Gasteiger partial charge in [0.15, 0.2) is 0 Å². The van der Waals surface area contributed by atoms with Crippen LogP contribution in [0.1, 0.15) is 17.7 Å². The largest absolute Gasteiger partial charge is 0.265 e. The standard InChI is InChI=1S/C11H10ClN3/c12-11-9-2-1-3-10(9)14-15(11)8-4-6-13-7-5-8/h4-7H,1-3H2. The molecule has 1 aliphatic carbocycles. The molecule has 0 aromatic carbocycles. The summed E-state index contributed by atoms with van der Waals surface area (Å²) in [6.45, 7) is 0. The summed E-state index contributed by atoms with van der Waals surface area (Å²) >= 11 is 6.28. The summed E-state index contributed by atoms with van der Waals surface area (Å²) in [5.74, 6) is 0. The Labute approximate surface area is 92.7 Å². The molecule has 0 aliphatic heterocycles. The van der Waals surface area contributed by atoms with E-state index >= 15 is 0 Å². The van der Waals surface area contributed by atoms with Gasteiger partial charge in [-0.1, -0.05) is 11.6 Å². The van der Waals surface area contributed by atoms with E-state index in [9.17, 15) is 0 Å². The second-order valence-corrected chi connectivity index (χ2v) is 4.04. The number of pyridine rings is 1. The third-order valence-electron chi connectivity index (χ3n) is 2.75. The predicted octanol–water partition coefficient (Wildman–Crippen LogP) is 2.41. The van der Waals surface area contributed by atoms with Crippen molar-refractivity contribution in [1.82, 2.24) is 14.8 Å². The van der Waals surface area contributed by atoms with E-state index in [0.717, 1.165) is 29.4 Å². The van der Waals surface area contributed by atoms with Crippen LogP contribution in [0.2, 0.25) is 5.15 Å². The van der Waals surface area contributed by atoms with E-state index in [2.05, 4.69) is 10.1 Å². The van der Waals surface area contributed by atoms with E-state index < -0.39 is 0 Å². The fraction of sp³-hybridized carbons (Fsp3) is 0.273. The van der Waals surface area contributed by atoms with Gasteiger partial charge in [-0.3, -0.25) is 4.98 Å². The first-order valence-electron chi connectivity index (χ1n) is 5.03. The molecule has 2 aromatic rings. The zero-order valence-electron chi connectivity index (χ0n) is 8.15. The molecule has 0 unspecified atom stereocenters. The highest BCUT2D eigenvalue weighted by Gasteiger charge is 2.21. The summed E-state index contributed by atoms with van der Waals surface area (Å²) in [6, 6.07) is 3.82. The van der Waals surface area contributed by atoms with Gasteiger partial charge in [0.05, 0.1) is 11.4 Å². The van der Waals surface area contributed by atoms with Crippen LogP contribution in [0.3, 0.4) is 0 Å². The number of nitrogens with zero attached hydrogens (tertiary/aromatic N) is 3. The summed E-state index contributed by atoms with van der Waals surface area (Å²) in [5.41, 5.74) is 3.34. The Morgan fingerprint density at radius 1 is 1.20 bits per heavy atom. The SMILES string of the molecule is Clc1c2c(nn1-c1ccncc1)CCC2. The predicted molar refractivity (Wildman–Crippen MR) is 58.4 cm³/mol. The second-order valence-electron chi connectivity index (χ2n) is 3.69. The normalized spacial score (nSPS) is 14.2. The lowest BCUT2D eigenvalue weighted by Gasteiger charge is -2.02. The molecule has 0 saturated carbocycles. The molecule has 3 nitrogen and oxygen atoms in total. The maximum atomic E-state index is 6.28. The molecule has 0 saturated heterocycles. The topological polar surface area (TPSA) is 30.7 Å². The number of aromatic nitrogens is 3. The highest BCUT2D eigenvalue weighted by molar-refractivity contribution is 6.30. The van der Waals surface area contributed by atoms with Gasteiger partial charge in [0.1, 0.15) is 5.15 Å². The number of aryl methyl sites for hydroxylation is 1. The molecule has 0 N–H and O–H groups in total. The molecule has 0 fully saturated rings. The van der Waals surface area contributed by atoms with Crippen molar-refractivity contribution in [2.75, 3.05) is 0 Å². The Kier molecular flexibility index (Phi) is 1.99. The number of hydrogen-bond donors (Lipinski definition) is 0. The zero-order chi connectivity index (χ0) is 10.3. The average molecular weight is 220 g/mol. The van der Waals surface area contributed by atoms with E-state index in [1.54, 1.807) is 17.1 Å². The monoisotopic (exact) mass is 219 g/mol. The maximum Gasteiger partial charge on any atom is 0.136 e. The first kappa shape index (κ1) is 8.92. The molecule has 0 spiro atoms. The molecule has 76 valence electrons. The van der Waals surface area contributed by atoms with Crippen LogP contribution in [-0.2, 0) is 12.8 Å². The van der Waals surface area contributed by atoms with Crippen molar-refractivity contribution in [2.24, 2.45) is 0 Å². The van der Waals surface area contributed by atoms with Crippen LogP contribution in [0.5, 0.6) is 0 Å². The molecule has 3 rings (SSSR count). The van der Waals surface area contributed by atoms with Gasteiger partial charge in [0.2, 0.25) is 0 Å². The number of fused-ring (bicyclic) bond motifs is 1. The Balaban J connectivity index is 2.14. The van der Waals surface area contributed by atoms with Gasteiger partial charge >= 0.3 is 0 Å². The molecule has 15 heavy (non-hydrogen) atoms. The summed E-state index contributed by atoms with van der Waals surface area (Å²) in [6.07, 6.45) is 6.78. The van der Waals surface area contributed by atoms with E-state index in [-0.39, 0.29) is 0 Å². The first-order valence-corrected chi connectivity index (χ1v) is 5.41. The Morgan fingerprint density at radius 2 is 2.00 bits per heavy atom. The van der Waals surface area contributed by atoms with Crippen molar-refractivity contribution in [3.63, 3.8) is 0 Å². The van der Waals surface area contributed by atoms with Crippen LogP contribution < -0.4 is 0 Å². The van der Waals surface area contributed by atoms with Crippen LogP contribution in [0, 0.1) is 0 Å². The van der Waals surface area contributed by atoms with Gasteiger partial charge in [-0.2, -0.15) is 5.10 Å². The van der Waals surface area contributed by atoms with Crippen LogP contribution in [0.25, 0.3) is 5.69 Å². The zero-order valence-corrected chi connectivity index (χ0v) is 8.91. The van der Waals surface area contributed by atoms with Crippen molar-refractivity contribution in [2.45, 2.75) is 19.3 Å². The van der Waals surface area contributed by atoms with Crippen LogP contribution in [0.15, 0.2) is 24.5 Å². The van der Waals surface area contributed by atoms with Gasteiger partial charge in [-0.25, -0.2) is 4.68 Å². The van der Waals surface area contributed by atoms with E-state index in [0.29, 0.717) is 0 Å². The minimum Gasteiger partial charge on any atom is -0.265 e. The van der Waals surface area contributed by atoms with Gasteiger partial charge in [0, 0.05) is 18.0 Å². The van der Waals surface area contributed by atoms with E-state index in [1.165, 1.54) is 12.0 Å². The van der Waals surface area contributed by atoms with Gasteiger partial charge < -0.3 is 0 Å². The minimum absolute atomic E-state index is 0.758. The third-order valence-corrected chi connectivity index (χ3v) is 3.14. The quantitative estimate of drug-likeness (QED) is 0.738. The lowest BCUT2D eigenvalue weighted by atomic mass is 10.3.